The van der Waals surface area contributed by atoms with E-state index in [1.165, 1.54) is 5.56 Å². The Kier molecular flexibility index (Phi) is 5.16. The molecule has 0 aromatic heterocycles. The number of benzene rings is 2. The average molecular weight is 323 g/mol. The van der Waals surface area contributed by atoms with E-state index in [9.17, 15) is 4.79 Å². The molecule has 4 nitrogen and oxygen atoms in total. The van der Waals surface area contributed by atoms with Gasteiger partial charge in [-0.3, -0.25) is 9.69 Å². The van der Waals surface area contributed by atoms with E-state index < -0.39 is 0 Å². The van der Waals surface area contributed by atoms with Crippen LogP contribution in [0.3, 0.4) is 0 Å². The fourth-order valence-corrected chi connectivity index (χ4v) is 3.04. The Bertz CT molecular complexity index is 659. The first kappa shape index (κ1) is 16.5. The van der Waals surface area contributed by atoms with Crippen molar-refractivity contribution in [1.82, 2.24) is 9.80 Å². The van der Waals surface area contributed by atoms with Crippen LogP contribution in [0.2, 0.25) is 0 Å². The summed E-state index contributed by atoms with van der Waals surface area (Å²) in [6.45, 7) is 4.40. The lowest BCUT2D eigenvalue weighted by Crippen LogP contribution is -2.48. The number of carbonyl (C=O) groups excluding carboxylic acids is 1. The van der Waals surface area contributed by atoms with Gasteiger partial charge in [0, 0.05) is 58.1 Å². The Hall–Kier alpha value is -2.33. The molecule has 1 aliphatic rings. The summed E-state index contributed by atoms with van der Waals surface area (Å²) < 4.78 is 0. The first-order valence-electron chi connectivity index (χ1n) is 8.46. The molecule has 1 aliphatic heterocycles. The second-order valence-electron chi connectivity index (χ2n) is 6.50. The second-order valence-corrected chi connectivity index (χ2v) is 6.50. The van der Waals surface area contributed by atoms with Crippen LogP contribution in [0.4, 0.5) is 5.69 Å². The molecule has 0 bridgehead atoms. The summed E-state index contributed by atoms with van der Waals surface area (Å²) in [4.78, 5) is 19.1. The van der Waals surface area contributed by atoms with E-state index in [1.54, 1.807) is 0 Å². The van der Waals surface area contributed by atoms with Crippen molar-refractivity contribution in [2.75, 3.05) is 45.2 Å². The predicted octanol–water partition coefficient (Wildman–Crippen LogP) is 2.71. The first-order chi connectivity index (χ1) is 11.6. The molecule has 0 atom stereocenters. The van der Waals surface area contributed by atoms with Gasteiger partial charge in [-0.2, -0.15) is 0 Å². The molecule has 4 heteroatoms. The summed E-state index contributed by atoms with van der Waals surface area (Å²) in [7, 11) is 4.01. The number of piperazine rings is 1. The number of hydrogen-bond donors (Lipinski definition) is 0. The SMILES string of the molecule is CN(C)c1ccc(C(=O)N2CCN(Cc3ccccc3)CC2)cc1. The van der Waals surface area contributed by atoms with E-state index in [0.717, 1.165) is 44.0 Å². The Morgan fingerprint density at radius 3 is 2.12 bits per heavy atom. The Labute approximate surface area is 144 Å². The quantitative estimate of drug-likeness (QED) is 0.865. The molecule has 0 N–H and O–H groups in total. The van der Waals surface area contributed by atoms with Gasteiger partial charge in [0.15, 0.2) is 0 Å². The van der Waals surface area contributed by atoms with Crippen molar-refractivity contribution in [3.8, 4) is 0 Å². The molecular weight excluding hydrogens is 298 g/mol. The lowest BCUT2D eigenvalue weighted by Gasteiger charge is -2.34. The third-order valence-corrected chi connectivity index (χ3v) is 4.54. The zero-order valence-corrected chi connectivity index (χ0v) is 14.5. The fourth-order valence-electron chi connectivity index (χ4n) is 3.04. The van der Waals surface area contributed by atoms with E-state index in [0.29, 0.717) is 0 Å². The standard InChI is InChI=1S/C20H25N3O/c1-21(2)19-10-8-18(9-11-19)20(24)23-14-12-22(13-15-23)16-17-6-4-3-5-7-17/h3-11H,12-16H2,1-2H3. The highest BCUT2D eigenvalue weighted by Gasteiger charge is 2.22. The summed E-state index contributed by atoms with van der Waals surface area (Å²) in [6.07, 6.45) is 0. The van der Waals surface area contributed by atoms with Crippen LogP contribution in [0.5, 0.6) is 0 Å². The van der Waals surface area contributed by atoms with Gasteiger partial charge < -0.3 is 9.80 Å². The van der Waals surface area contributed by atoms with Crippen LogP contribution in [0.15, 0.2) is 54.6 Å². The number of nitrogens with zero attached hydrogens (tertiary/aromatic N) is 3. The molecule has 0 aliphatic carbocycles. The topological polar surface area (TPSA) is 26.8 Å². The third kappa shape index (κ3) is 3.95. The van der Waals surface area contributed by atoms with Gasteiger partial charge in [-0.25, -0.2) is 0 Å². The van der Waals surface area contributed by atoms with E-state index in [4.69, 9.17) is 0 Å². The highest BCUT2D eigenvalue weighted by molar-refractivity contribution is 5.94. The minimum absolute atomic E-state index is 0.139. The number of anilines is 1. The molecule has 1 heterocycles. The van der Waals surface area contributed by atoms with Crippen LogP contribution in [-0.4, -0.2) is 56.0 Å². The van der Waals surface area contributed by atoms with E-state index >= 15 is 0 Å². The highest BCUT2D eigenvalue weighted by Crippen LogP contribution is 2.15. The molecule has 3 rings (SSSR count). The molecule has 126 valence electrons. The maximum atomic E-state index is 12.6. The Morgan fingerprint density at radius 1 is 0.917 bits per heavy atom. The van der Waals surface area contributed by atoms with Crippen molar-refractivity contribution in [1.29, 1.82) is 0 Å². The van der Waals surface area contributed by atoms with Crippen LogP contribution in [-0.2, 0) is 6.54 Å². The van der Waals surface area contributed by atoms with Crippen LogP contribution < -0.4 is 4.90 Å². The van der Waals surface area contributed by atoms with Crippen molar-refractivity contribution in [2.45, 2.75) is 6.54 Å². The average Bonchev–Trinajstić information content (AvgIpc) is 2.63. The molecule has 2 aromatic carbocycles. The fraction of sp³-hybridized carbons (Fsp3) is 0.350. The minimum atomic E-state index is 0.139. The number of rotatable bonds is 4. The van der Waals surface area contributed by atoms with Gasteiger partial charge in [0.25, 0.3) is 5.91 Å². The molecule has 1 amide bonds. The Morgan fingerprint density at radius 2 is 1.54 bits per heavy atom. The molecule has 24 heavy (non-hydrogen) atoms. The van der Waals surface area contributed by atoms with Crippen molar-refractivity contribution in [2.24, 2.45) is 0 Å². The minimum Gasteiger partial charge on any atom is -0.378 e. The van der Waals surface area contributed by atoms with Gasteiger partial charge in [-0.05, 0) is 29.8 Å². The van der Waals surface area contributed by atoms with Crippen molar-refractivity contribution >= 4 is 11.6 Å². The van der Waals surface area contributed by atoms with Gasteiger partial charge in [0.05, 0.1) is 0 Å². The maximum absolute atomic E-state index is 12.6. The molecule has 0 saturated carbocycles. The summed E-state index contributed by atoms with van der Waals surface area (Å²) in [5, 5.41) is 0. The van der Waals surface area contributed by atoms with Crippen LogP contribution in [0, 0.1) is 0 Å². The lowest BCUT2D eigenvalue weighted by molar-refractivity contribution is 0.0628. The first-order valence-corrected chi connectivity index (χ1v) is 8.46. The molecule has 0 radical (unpaired) electrons. The Balaban J connectivity index is 1.55. The van der Waals surface area contributed by atoms with E-state index in [2.05, 4.69) is 29.2 Å². The predicted molar refractivity (Wildman–Crippen MR) is 98.4 cm³/mol. The van der Waals surface area contributed by atoms with E-state index in [-0.39, 0.29) is 5.91 Å². The molecule has 1 fully saturated rings. The second kappa shape index (κ2) is 7.49. The summed E-state index contributed by atoms with van der Waals surface area (Å²) in [6, 6.07) is 18.4. The van der Waals surface area contributed by atoms with Crippen LogP contribution in [0.1, 0.15) is 15.9 Å². The third-order valence-electron chi connectivity index (χ3n) is 4.54. The smallest absolute Gasteiger partial charge is 0.253 e. The molecule has 2 aromatic rings. The van der Waals surface area contributed by atoms with Gasteiger partial charge in [0.2, 0.25) is 0 Å². The number of hydrogen-bond acceptors (Lipinski definition) is 3. The van der Waals surface area contributed by atoms with Crippen molar-refractivity contribution in [3.05, 3.63) is 65.7 Å². The normalized spacial score (nSPS) is 15.3. The largest absolute Gasteiger partial charge is 0.378 e. The van der Waals surface area contributed by atoms with Gasteiger partial charge in [-0.1, -0.05) is 30.3 Å². The van der Waals surface area contributed by atoms with Gasteiger partial charge in [-0.15, -0.1) is 0 Å². The number of amides is 1. The van der Waals surface area contributed by atoms with Gasteiger partial charge in [0.1, 0.15) is 0 Å². The van der Waals surface area contributed by atoms with Crippen molar-refractivity contribution in [3.63, 3.8) is 0 Å². The lowest BCUT2D eigenvalue weighted by atomic mass is 10.1. The monoisotopic (exact) mass is 323 g/mol. The van der Waals surface area contributed by atoms with Crippen molar-refractivity contribution < 1.29 is 4.79 Å². The highest BCUT2D eigenvalue weighted by atomic mass is 16.2. The molecule has 1 saturated heterocycles. The zero-order valence-electron chi connectivity index (χ0n) is 14.5. The summed E-state index contributed by atoms with van der Waals surface area (Å²) >= 11 is 0. The van der Waals surface area contributed by atoms with Gasteiger partial charge >= 0.3 is 0 Å². The van der Waals surface area contributed by atoms with E-state index in [1.807, 2.05) is 54.2 Å². The van der Waals surface area contributed by atoms with Crippen LogP contribution in [0.25, 0.3) is 0 Å². The molecule has 0 spiro atoms. The number of carbonyl (C=O) groups is 1. The van der Waals surface area contributed by atoms with Crippen LogP contribution >= 0.6 is 0 Å². The zero-order chi connectivity index (χ0) is 16.9. The maximum Gasteiger partial charge on any atom is 0.253 e. The summed E-state index contributed by atoms with van der Waals surface area (Å²) in [5.74, 6) is 0.139. The summed E-state index contributed by atoms with van der Waals surface area (Å²) in [5.41, 5.74) is 3.22. The molecule has 0 unspecified atom stereocenters. The molecular formula is C20H25N3O.